The molecule has 19 heavy (non-hydrogen) atoms. The van der Waals surface area contributed by atoms with Gasteiger partial charge in [-0.15, -0.1) is 0 Å². The standard InChI is InChI=1S/C17H22N2/c1-13-12-15(8-11-17(13)19(4)5)14-6-9-16(10-7-14)18(2)3/h6-12H,1-5H3. The van der Waals surface area contributed by atoms with Crippen LogP contribution in [0.4, 0.5) is 11.4 Å². The smallest absolute Gasteiger partial charge is 0.0391 e. The van der Waals surface area contributed by atoms with Gasteiger partial charge in [0, 0.05) is 39.6 Å². The Kier molecular flexibility index (Phi) is 3.79. The molecule has 0 aliphatic heterocycles. The zero-order valence-corrected chi connectivity index (χ0v) is 12.4. The minimum Gasteiger partial charge on any atom is -0.378 e. The van der Waals surface area contributed by atoms with Gasteiger partial charge in [-0.1, -0.05) is 18.2 Å². The van der Waals surface area contributed by atoms with Crippen molar-refractivity contribution in [2.24, 2.45) is 0 Å². The maximum absolute atomic E-state index is 2.25. The van der Waals surface area contributed by atoms with E-state index < -0.39 is 0 Å². The van der Waals surface area contributed by atoms with Gasteiger partial charge in [0.2, 0.25) is 0 Å². The van der Waals surface area contributed by atoms with Crippen LogP contribution >= 0.6 is 0 Å². The predicted molar refractivity (Wildman–Crippen MR) is 85.3 cm³/mol. The van der Waals surface area contributed by atoms with Crippen LogP contribution in [0.5, 0.6) is 0 Å². The molecule has 0 aliphatic rings. The van der Waals surface area contributed by atoms with Crippen LogP contribution in [0, 0.1) is 6.92 Å². The molecule has 0 bridgehead atoms. The van der Waals surface area contributed by atoms with Crippen molar-refractivity contribution in [3.63, 3.8) is 0 Å². The number of nitrogens with zero attached hydrogens (tertiary/aromatic N) is 2. The SMILES string of the molecule is Cc1cc(-c2ccc(N(C)C)cc2)ccc1N(C)C. The van der Waals surface area contributed by atoms with E-state index in [1.807, 2.05) is 0 Å². The Bertz CT molecular complexity index is 554. The van der Waals surface area contributed by atoms with Gasteiger partial charge in [0.15, 0.2) is 0 Å². The summed E-state index contributed by atoms with van der Waals surface area (Å²) in [5.41, 5.74) is 6.34. The number of hydrogen-bond acceptors (Lipinski definition) is 2. The molecule has 2 aromatic rings. The topological polar surface area (TPSA) is 6.48 Å². The Labute approximate surface area is 116 Å². The molecule has 2 heteroatoms. The molecule has 0 aromatic heterocycles. The van der Waals surface area contributed by atoms with Crippen molar-refractivity contribution in [3.05, 3.63) is 48.0 Å². The van der Waals surface area contributed by atoms with Gasteiger partial charge >= 0.3 is 0 Å². The maximum atomic E-state index is 2.25. The van der Waals surface area contributed by atoms with E-state index in [-0.39, 0.29) is 0 Å². The molecule has 2 aromatic carbocycles. The molecule has 0 unspecified atom stereocenters. The van der Waals surface area contributed by atoms with Crippen molar-refractivity contribution < 1.29 is 0 Å². The summed E-state index contributed by atoms with van der Waals surface area (Å²) in [7, 11) is 8.28. The molecule has 0 atom stereocenters. The first-order valence-electron chi connectivity index (χ1n) is 6.55. The molecule has 0 spiro atoms. The van der Waals surface area contributed by atoms with Crippen molar-refractivity contribution in [1.29, 1.82) is 0 Å². The molecule has 0 N–H and O–H groups in total. The van der Waals surface area contributed by atoms with Crippen LogP contribution in [0.2, 0.25) is 0 Å². The number of hydrogen-bond donors (Lipinski definition) is 0. The van der Waals surface area contributed by atoms with Gasteiger partial charge < -0.3 is 9.80 Å². The summed E-state index contributed by atoms with van der Waals surface area (Å²) in [6, 6.07) is 15.3. The first-order valence-corrected chi connectivity index (χ1v) is 6.55. The molecule has 0 heterocycles. The van der Waals surface area contributed by atoms with Gasteiger partial charge in [-0.25, -0.2) is 0 Å². The van der Waals surface area contributed by atoms with E-state index in [2.05, 4.69) is 87.4 Å². The Morgan fingerprint density at radius 1 is 0.684 bits per heavy atom. The molecule has 0 saturated heterocycles. The van der Waals surface area contributed by atoms with Crippen molar-refractivity contribution in [1.82, 2.24) is 0 Å². The van der Waals surface area contributed by atoms with Crippen molar-refractivity contribution in [2.75, 3.05) is 38.0 Å². The molecular weight excluding hydrogens is 232 g/mol. The van der Waals surface area contributed by atoms with Gasteiger partial charge in [-0.05, 0) is 47.9 Å². The van der Waals surface area contributed by atoms with E-state index in [9.17, 15) is 0 Å². The Hall–Kier alpha value is -1.96. The largest absolute Gasteiger partial charge is 0.378 e. The second-order valence-electron chi connectivity index (χ2n) is 5.34. The lowest BCUT2D eigenvalue weighted by Crippen LogP contribution is -2.10. The summed E-state index contributed by atoms with van der Waals surface area (Å²) in [5.74, 6) is 0. The Morgan fingerprint density at radius 3 is 1.74 bits per heavy atom. The van der Waals surface area contributed by atoms with E-state index in [1.54, 1.807) is 0 Å². The van der Waals surface area contributed by atoms with E-state index in [1.165, 1.54) is 28.1 Å². The lowest BCUT2D eigenvalue weighted by atomic mass is 10.0. The monoisotopic (exact) mass is 254 g/mol. The third kappa shape index (κ3) is 2.90. The lowest BCUT2D eigenvalue weighted by Gasteiger charge is -2.17. The highest BCUT2D eigenvalue weighted by Crippen LogP contribution is 2.27. The molecular formula is C17H22N2. The summed E-state index contributed by atoms with van der Waals surface area (Å²) in [4.78, 5) is 4.26. The van der Waals surface area contributed by atoms with Crippen LogP contribution < -0.4 is 9.80 Å². The van der Waals surface area contributed by atoms with Gasteiger partial charge in [-0.3, -0.25) is 0 Å². The van der Waals surface area contributed by atoms with Crippen LogP contribution in [0.25, 0.3) is 11.1 Å². The molecule has 100 valence electrons. The molecule has 0 fully saturated rings. The Balaban J connectivity index is 2.34. The summed E-state index contributed by atoms with van der Waals surface area (Å²) in [6.07, 6.45) is 0. The molecule has 0 aliphatic carbocycles. The Morgan fingerprint density at radius 2 is 1.26 bits per heavy atom. The third-order valence-electron chi connectivity index (χ3n) is 3.40. The number of aryl methyl sites for hydroxylation is 1. The first-order chi connectivity index (χ1) is 8.99. The zero-order chi connectivity index (χ0) is 14.0. The van der Waals surface area contributed by atoms with Crippen LogP contribution in [0.3, 0.4) is 0 Å². The second kappa shape index (κ2) is 5.35. The quantitative estimate of drug-likeness (QED) is 0.822. The zero-order valence-electron chi connectivity index (χ0n) is 12.4. The van der Waals surface area contributed by atoms with Crippen molar-refractivity contribution >= 4 is 11.4 Å². The average molecular weight is 254 g/mol. The maximum Gasteiger partial charge on any atom is 0.0391 e. The van der Waals surface area contributed by atoms with Gasteiger partial charge in [0.1, 0.15) is 0 Å². The third-order valence-corrected chi connectivity index (χ3v) is 3.40. The van der Waals surface area contributed by atoms with E-state index in [0.717, 1.165) is 0 Å². The number of benzene rings is 2. The van der Waals surface area contributed by atoms with Crippen molar-refractivity contribution in [2.45, 2.75) is 6.92 Å². The highest BCUT2D eigenvalue weighted by molar-refractivity contribution is 5.70. The van der Waals surface area contributed by atoms with Gasteiger partial charge in [-0.2, -0.15) is 0 Å². The lowest BCUT2D eigenvalue weighted by molar-refractivity contribution is 1.11. The molecule has 2 nitrogen and oxygen atoms in total. The average Bonchev–Trinajstić information content (AvgIpc) is 2.38. The highest BCUT2D eigenvalue weighted by atomic mass is 15.1. The predicted octanol–water partition coefficient (Wildman–Crippen LogP) is 3.79. The van der Waals surface area contributed by atoms with E-state index in [4.69, 9.17) is 0 Å². The molecule has 0 saturated carbocycles. The van der Waals surface area contributed by atoms with Crippen LogP contribution in [-0.2, 0) is 0 Å². The van der Waals surface area contributed by atoms with Crippen molar-refractivity contribution in [3.8, 4) is 11.1 Å². The fourth-order valence-corrected chi connectivity index (χ4v) is 2.29. The molecule has 2 rings (SSSR count). The van der Waals surface area contributed by atoms with Gasteiger partial charge in [0.05, 0.1) is 0 Å². The molecule has 0 radical (unpaired) electrons. The van der Waals surface area contributed by atoms with Crippen LogP contribution in [0.1, 0.15) is 5.56 Å². The van der Waals surface area contributed by atoms with E-state index >= 15 is 0 Å². The fraction of sp³-hybridized carbons (Fsp3) is 0.294. The minimum atomic E-state index is 1.23. The second-order valence-corrected chi connectivity index (χ2v) is 5.34. The number of rotatable bonds is 3. The summed E-state index contributed by atoms with van der Waals surface area (Å²) < 4.78 is 0. The molecule has 0 amide bonds. The van der Waals surface area contributed by atoms with Gasteiger partial charge in [0.25, 0.3) is 0 Å². The summed E-state index contributed by atoms with van der Waals surface area (Å²) in [6.45, 7) is 2.16. The fourth-order valence-electron chi connectivity index (χ4n) is 2.29. The summed E-state index contributed by atoms with van der Waals surface area (Å²) in [5, 5.41) is 0. The normalized spacial score (nSPS) is 10.4. The van der Waals surface area contributed by atoms with E-state index in [0.29, 0.717) is 0 Å². The first kappa shape index (κ1) is 13.5. The van der Waals surface area contributed by atoms with Crippen LogP contribution in [0.15, 0.2) is 42.5 Å². The summed E-state index contributed by atoms with van der Waals surface area (Å²) >= 11 is 0. The minimum absolute atomic E-state index is 1.23. The highest BCUT2D eigenvalue weighted by Gasteiger charge is 2.04. The number of anilines is 2. The van der Waals surface area contributed by atoms with Crippen LogP contribution in [-0.4, -0.2) is 28.2 Å².